The predicted octanol–water partition coefficient (Wildman–Crippen LogP) is 0.550. The Bertz CT molecular complexity index is 125. The van der Waals surface area contributed by atoms with Crippen molar-refractivity contribution in [1.82, 2.24) is 0 Å². The zero-order chi connectivity index (χ0) is 8.74. The third-order valence-electron chi connectivity index (χ3n) is 1.29. The van der Waals surface area contributed by atoms with E-state index in [0.717, 1.165) is 0 Å². The highest BCUT2D eigenvalue weighted by atomic mass is 31.2. The van der Waals surface area contributed by atoms with Crippen molar-refractivity contribution >= 4 is 7.37 Å². The maximum absolute atomic E-state index is 11.1. The van der Waals surface area contributed by atoms with Gasteiger partial charge >= 0.3 is 0 Å². The van der Waals surface area contributed by atoms with Crippen LogP contribution in [0.1, 0.15) is 0 Å². The van der Waals surface area contributed by atoms with Crippen molar-refractivity contribution in [2.75, 3.05) is 39.8 Å². The molecule has 0 rings (SSSR count). The molecule has 0 unspecified atom stereocenters. The van der Waals surface area contributed by atoms with E-state index in [0.29, 0.717) is 13.2 Å². The van der Waals surface area contributed by atoms with Gasteiger partial charge in [0, 0.05) is 26.5 Å². The van der Waals surface area contributed by atoms with Crippen molar-refractivity contribution in [3.63, 3.8) is 0 Å². The summed E-state index contributed by atoms with van der Waals surface area (Å²) in [5.74, 6) is 0. The van der Waals surface area contributed by atoms with Crippen LogP contribution in [0.4, 0.5) is 0 Å². The van der Waals surface area contributed by atoms with E-state index < -0.39 is 7.37 Å². The smallest absolute Gasteiger partial charge is 0.205 e. The zero-order valence-corrected chi connectivity index (χ0v) is 7.84. The first kappa shape index (κ1) is 11.1. The van der Waals surface area contributed by atoms with Crippen LogP contribution in [0.15, 0.2) is 0 Å². The molecular formula is C6H15O4P. The minimum absolute atomic E-state index is 0.215. The average molecular weight is 182 g/mol. The van der Waals surface area contributed by atoms with Gasteiger partial charge in [0.1, 0.15) is 0 Å². The standard InChI is InChI=1S/C6H15O4P/c1-9-3-5-11(7,8)6-4-10-2/h3-6H2,1-2H3,(H,7,8). The quantitative estimate of drug-likeness (QED) is 0.609. The first-order chi connectivity index (χ1) is 5.12. The highest BCUT2D eigenvalue weighted by Gasteiger charge is 2.16. The molecule has 0 aliphatic heterocycles. The summed E-state index contributed by atoms with van der Waals surface area (Å²) in [4.78, 5) is 9.17. The summed E-state index contributed by atoms with van der Waals surface area (Å²) in [6.07, 6.45) is 0.430. The molecule has 0 aliphatic carbocycles. The van der Waals surface area contributed by atoms with Gasteiger partial charge in [-0.25, -0.2) is 0 Å². The topological polar surface area (TPSA) is 55.8 Å². The molecule has 0 bridgehead atoms. The van der Waals surface area contributed by atoms with Crippen LogP contribution in [-0.4, -0.2) is 44.7 Å². The zero-order valence-electron chi connectivity index (χ0n) is 6.95. The maximum Gasteiger partial charge on any atom is 0.205 e. The predicted molar refractivity (Wildman–Crippen MR) is 43.3 cm³/mol. The molecule has 0 aliphatic rings. The summed E-state index contributed by atoms with van der Waals surface area (Å²) in [7, 11) is 0.0449. The van der Waals surface area contributed by atoms with E-state index >= 15 is 0 Å². The lowest BCUT2D eigenvalue weighted by molar-refractivity contribution is 0.207. The summed E-state index contributed by atoms with van der Waals surface area (Å²) in [5, 5.41) is 0. The second kappa shape index (κ2) is 5.72. The molecule has 0 radical (unpaired) electrons. The number of rotatable bonds is 6. The van der Waals surface area contributed by atoms with E-state index in [4.69, 9.17) is 0 Å². The molecule has 0 saturated heterocycles. The Kier molecular flexibility index (Phi) is 5.78. The van der Waals surface area contributed by atoms with Crippen LogP contribution in [0.5, 0.6) is 0 Å². The largest absolute Gasteiger partial charge is 0.384 e. The normalized spacial score (nSPS) is 11.9. The number of hydrogen-bond donors (Lipinski definition) is 1. The van der Waals surface area contributed by atoms with Crippen molar-refractivity contribution < 1.29 is 18.9 Å². The molecule has 0 atom stereocenters. The summed E-state index contributed by atoms with van der Waals surface area (Å²) in [5.41, 5.74) is 0. The maximum atomic E-state index is 11.1. The van der Waals surface area contributed by atoms with Crippen molar-refractivity contribution in [3.8, 4) is 0 Å². The highest BCUT2D eigenvalue weighted by Crippen LogP contribution is 2.39. The molecule has 5 heteroatoms. The summed E-state index contributed by atoms with van der Waals surface area (Å²) < 4.78 is 20.5. The Balaban J connectivity index is 3.53. The summed E-state index contributed by atoms with van der Waals surface area (Å²) >= 11 is 0. The lowest BCUT2D eigenvalue weighted by atomic mass is 10.8. The molecule has 4 nitrogen and oxygen atoms in total. The van der Waals surface area contributed by atoms with Gasteiger partial charge in [0.25, 0.3) is 0 Å². The Hall–Kier alpha value is 0.110. The lowest BCUT2D eigenvalue weighted by Gasteiger charge is -2.09. The second-order valence-corrected chi connectivity index (χ2v) is 4.87. The monoisotopic (exact) mass is 182 g/mol. The molecule has 68 valence electrons. The minimum atomic E-state index is -2.98. The van der Waals surface area contributed by atoms with Gasteiger partial charge in [0.2, 0.25) is 7.37 Å². The molecule has 0 amide bonds. The van der Waals surface area contributed by atoms with Gasteiger partial charge in [-0.3, -0.25) is 4.57 Å². The molecule has 1 N–H and O–H groups in total. The summed E-state index contributed by atoms with van der Waals surface area (Å²) in [6, 6.07) is 0. The van der Waals surface area contributed by atoms with E-state index in [1.165, 1.54) is 14.2 Å². The molecule has 0 aromatic heterocycles. The molecule has 11 heavy (non-hydrogen) atoms. The second-order valence-electron chi connectivity index (χ2n) is 2.28. The van der Waals surface area contributed by atoms with E-state index in [2.05, 4.69) is 9.47 Å². The van der Waals surface area contributed by atoms with Gasteiger partial charge in [0.05, 0.1) is 13.2 Å². The first-order valence-electron chi connectivity index (χ1n) is 3.41. The fourth-order valence-electron chi connectivity index (χ4n) is 0.580. The molecule has 0 aromatic carbocycles. The van der Waals surface area contributed by atoms with Crippen LogP contribution in [0.2, 0.25) is 0 Å². The minimum Gasteiger partial charge on any atom is -0.384 e. The summed E-state index contributed by atoms with van der Waals surface area (Å²) in [6.45, 7) is 0.662. The molecule has 0 aromatic rings. The van der Waals surface area contributed by atoms with Crippen LogP contribution in [-0.2, 0) is 14.0 Å². The third kappa shape index (κ3) is 6.51. The first-order valence-corrected chi connectivity index (χ1v) is 5.44. The fraction of sp³-hybridized carbons (Fsp3) is 1.00. The van der Waals surface area contributed by atoms with Crippen molar-refractivity contribution in [2.24, 2.45) is 0 Å². The van der Waals surface area contributed by atoms with E-state index in [1.807, 2.05) is 0 Å². The van der Waals surface area contributed by atoms with E-state index in [-0.39, 0.29) is 12.3 Å². The van der Waals surface area contributed by atoms with Gasteiger partial charge < -0.3 is 14.4 Å². The highest BCUT2D eigenvalue weighted by molar-refractivity contribution is 7.58. The van der Waals surface area contributed by atoms with Crippen molar-refractivity contribution in [1.29, 1.82) is 0 Å². The molecule has 0 fully saturated rings. The fourth-order valence-corrected chi connectivity index (χ4v) is 1.74. The van der Waals surface area contributed by atoms with Crippen LogP contribution in [0.3, 0.4) is 0 Å². The lowest BCUT2D eigenvalue weighted by Crippen LogP contribution is -2.04. The van der Waals surface area contributed by atoms with Crippen LogP contribution in [0, 0.1) is 0 Å². The molecule has 0 saturated carbocycles. The number of ether oxygens (including phenoxy) is 2. The van der Waals surface area contributed by atoms with Gasteiger partial charge in [0.15, 0.2) is 0 Å². The Morgan fingerprint density at radius 2 is 1.55 bits per heavy atom. The van der Waals surface area contributed by atoms with Gasteiger partial charge in [-0.05, 0) is 0 Å². The van der Waals surface area contributed by atoms with Gasteiger partial charge in [-0.1, -0.05) is 0 Å². The van der Waals surface area contributed by atoms with Gasteiger partial charge in [-0.15, -0.1) is 0 Å². The Labute approximate surface area is 67.0 Å². The Morgan fingerprint density at radius 3 is 1.82 bits per heavy atom. The SMILES string of the molecule is COCCP(=O)(O)CCOC. The average Bonchev–Trinajstić information content (AvgIpc) is 1.97. The van der Waals surface area contributed by atoms with Gasteiger partial charge in [-0.2, -0.15) is 0 Å². The third-order valence-corrected chi connectivity index (χ3v) is 3.05. The van der Waals surface area contributed by atoms with Crippen molar-refractivity contribution in [3.05, 3.63) is 0 Å². The Morgan fingerprint density at radius 1 is 1.18 bits per heavy atom. The van der Waals surface area contributed by atoms with Crippen molar-refractivity contribution in [2.45, 2.75) is 0 Å². The molecular weight excluding hydrogens is 167 g/mol. The van der Waals surface area contributed by atoms with E-state index in [1.54, 1.807) is 0 Å². The number of methoxy groups -OCH3 is 2. The van der Waals surface area contributed by atoms with Crippen LogP contribution in [0.25, 0.3) is 0 Å². The van der Waals surface area contributed by atoms with E-state index in [9.17, 15) is 9.46 Å². The van der Waals surface area contributed by atoms with Crippen LogP contribution < -0.4 is 0 Å². The molecule has 0 heterocycles. The molecule has 0 spiro atoms. The number of hydrogen-bond acceptors (Lipinski definition) is 3. The van der Waals surface area contributed by atoms with Crippen LogP contribution >= 0.6 is 7.37 Å².